The zero-order valence-electron chi connectivity index (χ0n) is 11.5. The Morgan fingerprint density at radius 2 is 2.05 bits per heavy atom. The highest BCUT2D eigenvalue weighted by Crippen LogP contribution is 2.18. The van der Waals surface area contributed by atoms with Gasteiger partial charge in [0.05, 0.1) is 5.69 Å². The molecule has 0 spiro atoms. The highest BCUT2D eigenvalue weighted by Gasteiger charge is 2.15. The summed E-state index contributed by atoms with van der Waals surface area (Å²) in [6.07, 6.45) is -2.69. The summed E-state index contributed by atoms with van der Waals surface area (Å²) in [6.45, 7) is 3.08. The van der Waals surface area contributed by atoms with E-state index in [2.05, 4.69) is 10.4 Å². The summed E-state index contributed by atoms with van der Waals surface area (Å²) < 4.78 is 39.7. The molecule has 1 amide bonds. The molecule has 7 heteroatoms. The predicted molar refractivity (Wildman–Crippen MR) is 71.7 cm³/mol. The first-order chi connectivity index (χ1) is 9.86. The summed E-state index contributed by atoms with van der Waals surface area (Å²) in [6, 6.07) is 5.54. The Balaban J connectivity index is 2.10. The molecule has 0 atom stereocenters. The molecule has 1 aromatic carbocycles. The molecular weight excluding hydrogens is 283 g/mol. The highest BCUT2D eigenvalue weighted by molar-refractivity contribution is 5.90. The molecule has 112 valence electrons. The lowest BCUT2D eigenvalue weighted by atomic mass is 10.2. The predicted octanol–water partition coefficient (Wildman–Crippen LogP) is 3.22. The normalized spacial score (nSPS) is 11.0. The SMILES string of the molecule is Cc1ccc(F)c(NC(=O)Cn2nc(C(F)F)cc2C)c1. The zero-order valence-corrected chi connectivity index (χ0v) is 11.5. The monoisotopic (exact) mass is 297 g/mol. The van der Waals surface area contributed by atoms with Crippen LogP contribution in [0.4, 0.5) is 18.9 Å². The molecule has 2 aromatic rings. The van der Waals surface area contributed by atoms with Gasteiger partial charge in [-0.1, -0.05) is 6.07 Å². The number of carbonyl (C=O) groups is 1. The molecule has 4 nitrogen and oxygen atoms in total. The van der Waals surface area contributed by atoms with Crippen molar-refractivity contribution in [3.63, 3.8) is 0 Å². The molecule has 0 aliphatic heterocycles. The Morgan fingerprint density at radius 3 is 2.67 bits per heavy atom. The van der Waals surface area contributed by atoms with Gasteiger partial charge in [0, 0.05) is 5.69 Å². The van der Waals surface area contributed by atoms with Crippen molar-refractivity contribution >= 4 is 11.6 Å². The average Bonchev–Trinajstić information content (AvgIpc) is 2.75. The van der Waals surface area contributed by atoms with E-state index in [-0.39, 0.29) is 17.9 Å². The summed E-state index contributed by atoms with van der Waals surface area (Å²) in [4.78, 5) is 11.9. The fourth-order valence-electron chi connectivity index (χ4n) is 1.86. The van der Waals surface area contributed by atoms with Gasteiger partial charge in [-0.3, -0.25) is 9.48 Å². The number of carbonyl (C=O) groups excluding carboxylic acids is 1. The average molecular weight is 297 g/mol. The van der Waals surface area contributed by atoms with Crippen LogP contribution in [0.5, 0.6) is 0 Å². The summed E-state index contributed by atoms with van der Waals surface area (Å²) >= 11 is 0. The van der Waals surface area contributed by atoms with Crippen molar-refractivity contribution in [2.45, 2.75) is 26.8 Å². The van der Waals surface area contributed by atoms with Gasteiger partial charge < -0.3 is 5.32 Å². The molecule has 21 heavy (non-hydrogen) atoms. The number of hydrogen-bond donors (Lipinski definition) is 1. The van der Waals surface area contributed by atoms with E-state index in [4.69, 9.17) is 0 Å². The van der Waals surface area contributed by atoms with Gasteiger partial charge in [0.1, 0.15) is 18.1 Å². The molecule has 0 fully saturated rings. The number of amides is 1. The molecular formula is C14H14F3N3O. The van der Waals surface area contributed by atoms with Gasteiger partial charge in [0.15, 0.2) is 0 Å². The minimum absolute atomic E-state index is 0.0545. The summed E-state index contributed by atoms with van der Waals surface area (Å²) in [7, 11) is 0. The maximum atomic E-state index is 13.5. The van der Waals surface area contributed by atoms with Crippen LogP contribution in [-0.2, 0) is 11.3 Å². The van der Waals surface area contributed by atoms with Crippen molar-refractivity contribution in [1.82, 2.24) is 9.78 Å². The van der Waals surface area contributed by atoms with Crippen LogP contribution in [-0.4, -0.2) is 15.7 Å². The second-order valence-electron chi connectivity index (χ2n) is 4.70. The van der Waals surface area contributed by atoms with Crippen LogP contribution in [0.1, 0.15) is 23.4 Å². The van der Waals surface area contributed by atoms with E-state index >= 15 is 0 Å². The number of nitrogens with one attached hydrogen (secondary N) is 1. The first kappa shape index (κ1) is 15.1. The van der Waals surface area contributed by atoms with E-state index in [9.17, 15) is 18.0 Å². The maximum absolute atomic E-state index is 13.5. The quantitative estimate of drug-likeness (QED) is 0.942. The Labute approximate surface area is 119 Å². The molecule has 0 radical (unpaired) electrons. The highest BCUT2D eigenvalue weighted by atomic mass is 19.3. The van der Waals surface area contributed by atoms with E-state index in [0.29, 0.717) is 5.69 Å². The van der Waals surface area contributed by atoms with Crippen LogP contribution in [0.25, 0.3) is 0 Å². The molecule has 0 saturated heterocycles. The molecule has 1 N–H and O–H groups in total. The number of halogens is 3. The standard InChI is InChI=1S/C14H14F3N3O/c1-8-3-4-10(15)11(5-8)18-13(21)7-20-9(2)6-12(19-20)14(16)17/h3-6,14H,7H2,1-2H3,(H,18,21). The molecule has 2 rings (SSSR count). The van der Waals surface area contributed by atoms with E-state index < -0.39 is 18.1 Å². The van der Waals surface area contributed by atoms with Crippen LogP contribution in [0.2, 0.25) is 0 Å². The second kappa shape index (κ2) is 5.99. The van der Waals surface area contributed by atoms with Crippen molar-refractivity contribution in [2.24, 2.45) is 0 Å². The lowest BCUT2D eigenvalue weighted by Crippen LogP contribution is -2.21. The van der Waals surface area contributed by atoms with Crippen LogP contribution < -0.4 is 5.32 Å². The third-order valence-corrected chi connectivity index (χ3v) is 2.91. The summed E-state index contributed by atoms with van der Waals surface area (Å²) in [5, 5.41) is 6.05. The largest absolute Gasteiger partial charge is 0.322 e. The number of benzene rings is 1. The topological polar surface area (TPSA) is 46.9 Å². The number of alkyl halides is 2. The van der Waals surface area contributed by atoms with Gasteiger partial charge in [0.2, 0.25) is 5.91 Å². The number of rotatable bonds is 4. The van der Waals surface area contributed by atoms with Crippen molar-refractivity contribution in [3.05, 3.63) is 47.0 Å². The van der Waals surface area contributed by atoms with Gasteiger partial charge >= 0.3 is 0 Å². The van der Waals surface area contributed by atoms with Crippen LogP contribution >= 0.6 is 0 Å². The molecule has 0 saturated carbocycles. The third-order valence-electron chi connectivity index (χ3n) is 2.91. The van der Waals surface area contributed by atoms with Gasteiger partial charge in [-0.05, 0) is 37.6 Å². The Kier molecular flexibility index (Phi) is 4.30. The van der Waals surface area contributed by atoms with Gasteiger partial charge in [-0.2, -0.15) is 5.10 Å². The maximum Gasteiger partial charge on any atom is 0.282 e. The number of anilines is 1. The Morgan fingerprint density at radius 1 is 1.33 bits per heavy atom. The Hall–Kier alpha value is -2.31. The van der Waals surface area contributed by atoms with Crippen LogP contribution in [0.15, 0.2) is 24.3 Å². The second-order valence-corrected chi connectivity index (χ2v) is 4.70. The van der Waals surface area contributed by atoms with Gasteiger partial charge in [-0.15, -0.1) is 0 Å². The molecule has 0 bridgehead atoms. The number of aromatic nitrogens is 2. The molecule has 1 aromatic heterocycles. The zero-order chi connectivity index (χ0) is 15.6. The van der Waals surface area contributed by atoms with Crippen LogP contribution in [0.3, 0.4) is 0 Å². The van der Waals surface area contributed by atoms with E-state index in [0.717, 1.165) is 10.2 Å². The van der Waals surface area contributed by atoms with Crippen LogP contribution in [0, 0.1) is 19.7 Å². The fraction of sp³-hybridized carbons (Fsp3) is 0.286. The summed E-state index contributed by atoms with van der Waals surface area (Å²) in [5.74, 6) is -1.09. The lowest BCUT2D eigenvalue weighted by molar-refractivity contribution is -0.117. The number of hydrogen-bond acceptors (Lipinski definition) is 2. The minimum atomic E-state index is -2.69. The van der Waals surface area contributed by atoms with Gasteiger partial charge in [0.25, 0.3) is 6.43 Å². The van der Waals surface area contributed by atoms with Gasteiger partial charge in [-0.25, -0.2) is 13.2 Å². The van der Waals surface area contributed by atoms with E-state index in [1.807, 2.05) is 0 Å². The molecule has 0 aliphatic carbocycles. The minimum Gasteiger partial charge on any atom is -0.322 e. The third kappa shape index (κ3) is 3.62. The lowest BCUT2D eigenvalue weighted by Gasteiger charge is -2.08. The molecule has 0 aliphatic rings. The molecule has 1 heterocycles. The van der Waals surface area contributed by atoms with Crippen molar-refractivity contribution in [1.29, 1.82) is 0 Å². The first-order valence-electron chi connectivity index (χ1n) is 6.25. The number of nitrogens with zero attached hydrogens (tertiary/aromatic N) is 2. The van der Waals surface area contributed by atoms with Crippen molar-refractivity contribution in [3.8, 4) is 0 Å². The Bertz CT molecular complexity index is 667. The summed E-state index contributed by atoms with van der Waals surface area (Å²) in [5.41, 5.74) is 0.896. The first-order valence-corrected chi connectivity index (χ1v) is 6.25. The molecule has 0 unspecified atom stereocenters. The number of aryl methyl sites for hydroxylation is 2. The fourth-order valence-corrected chi connectivity index (χ4v) is 1.86. The van der Waals surface area contributed by atoms with Crippen molar-refractivity contribution < 1.29 is 18.0 Å². The van der Waals surface area contributed by atoms with Crippen molar-refractivity contribution in [2.75, 3.05) is 5.32 Å². The van der Waals surface area contributed by atoms with E-state index in [1.54, 1.807) is 19.9 Å². The van der Waals surface area contributed by atoms with E-state index in [1.165, 1.54) is 18.2 Å². The smallest absolute Gasteiger partial charge is 0.282 e.